The van der Waals surface area contributed by atoms with Crippen LogP contribution in [0, 0.1) is 0 Å². The highest BCUT2D eigenvalue weighted by atomic mass is 35.5. The summed E-state index contributed by atoms with van der Waals surface area (Å²) in [5.74, 6) is -0.639. The summed E-state index contributed by atoms with van der Waals surface area (Å²) in [4.78, 5) is 38.2. The molecule has 2 N–H and O–H groups in total. The SMILES string of the molecule is O=C(C[C@H]1NC(=O)N(CCc2ccccc2)C1=O)NCCn1ccc2ccc(Cl)cc21. The second kappa shape index (κ2) is 9.22. The number of carbonyl (C=O) groups is 3. The van der Waals surface area contributed by atoms with Gasteiger partial charge in [0.25, 0.3) is 5.91 Å². The van der Waals surface area contributed by atoms with Crippen LogP contribution in [0.25, 0.3) is 10.9 Å². The Bertz CT molecular complexity index is 1110. The predicted molar refractivity (Wildman–Crippen MR) is 119 cm³/mol. The quantitative estimate of drug-likeness (QED) is 0.530. The highest BCUT2D eigenvalue weighted by Crippen LogP contribution is 2.20. The Morgan fingerprint density at radius 2 is 1.87 bits per heavy atom. The number of fused-ring (bicyclic) bond motifs is 1. The molecule has 160 valence electrons. The molecule has 0 aliphatic carbocycles. The standard InChI is InChI=1S/C23H23ClN4O3/c24-18-7-6-17-9-11-27(20(17)14-18)13-10-25-21(29)15-19-22(30)28(23(31)26-19)12-8-16-4-2-1-3-5-16/h1-7,9,11,14,19H,8,10,12-13,15H2,(H,25,29)(H,26,31)/t19-/m1/s1. The van der Waals surface area contributed by atoms with Gasteiger partial charge in [0.1, 0.15) is 6.04 Å². The second-order valence-electron chi connectivity index (χ2n) is 7.49. The molecule has 3 aromatic rings. The van der Waals surface area contributed by atoms with E-state index in [9.17, 15) is 14.4 Å². The van der Waals surface area contributed by atoms with E-state index in [4.69, 9.17) is 11.6 Å². The van der Waals surface area contributed by atoms with E-state index in [1.165, 1.54) is 4.90 Å². The first-order valence-corrected chi connectivity index (χ1v) is 10.6. The van der Waals surface area contributed by atoms with Crippen molar-refractivity contribution >= 4 is 40.3 Å². The fourth-order valence-electron chi connectivity index (χ4n) is 3.74. The molecular formula is C23H23ClN4O3. The van der Waals surface area contributed by atoms with Crippen molar-refractivity contribution < 1.29 is 14.4 Å². The van der Waals surface area contributed by atoms with E-state index in [0.717, 1.165) is 16.5 Å². The van der Waals surface area contributed by atoms with Gasteiger partial charge in [0.05, 0.1) is 6.42 Å². The molecule has 1 fully saturated rings. The van der Waals surface area contributed by atoms with E-state index in [1.807, 2.05) is 65.4 Å². The summed E-state index contributed by atoms with van der Waals surface area (Å²) >= 11 is 6.07. The van der Waals surface area contributed by atoms with Crippen LogP contribution in [-0.4, -0.2) is 46.4 Å². The zero-order chi connectivity index (χ0) is 21.8. The minimum absolute atomic E-state index is 0.0787. The molecule has 4 amide bonds. The van der Waals surface area contributed by atoms with E-state index in [2.05, 4.69) is 10.6 Å². The average molecular weight is 439 g/mol. The van der Waals surface area contributed by atoms with Gasteiger partial charge in [-0.25, -0.2) is 4.79 Å². The van der Waals surface area contributed by atoms with Crippen LogP contribution in [0.4, 0.5) is 4.79 Å². The Labute approximate surface area is 185 Å². The molecule has 8 heteroatoms. The molecule has 2 heterocycles. The van der Waals surface area contributed by atoms with Gasteiger partial charge in [0.2, 0.25) is 5.91 Å². The Morgan fingerprint density at radius 3 is 2.68 bits per heavy atom. The van der Waals surface area contributed by atoms with Gasteiger partial charge < -0.3 is 15.2 Å². The maximum atomic E-state index is 12.6. The van der Waals surface area contributed by atoms with Gasteiger partial charge >= 0.3 is 6.03 Å². The molecule has 1 saturated heterocycles. The lowest BCUT2D eigenvalue weighted by atomic mass is 10.1. The second-order valence-corrected chi connectivity index (χ2v) is 7.93. The van der Waals surface area contributed by atoms with Crippen LogP contribution < -0.4 is 10.6 Å². The van der Waals surface area contributed by atoms with Crippen LogP contribution in [0.2, 0.25) is 5.02 Å². The molecule has 0 saturated carbocycles. The Morgan fingerprint density at radius 1 is 1.06 bits per heavy atom. The summed E-state index contributed by atoms with van der Waals surface area (Å²) in [5, 5.41) is 7.16. The van der Waals surface area contributed by atoms with Crippen molar-refractivity contribution in [2.24, 2.45) is 0 Å². The van der Waals surface area contributed by atoms with Crippen molar-refractivity contribution in [2.45, 2.75) is 25.4 Å². The Hall–Kier alpha value is -3.32. The molecule has 1 atom stereocenters. The van der Waals surface area contributed by atoms with Gasteiger partial charge in [-0.2, -0.15) is 0 Å². The number of imide groups is 1. The van der Waals surface area contributed by atoms with Gasteiger partial charge in [0, 0.05) is 36.4 Å². The molecule has 2 aromatic carbocycles. The Balaban J connectivity index is 1.26. The summed E-state index contributed by atoms with van der Waals surface area (Å²) in [5.41, 5.74) is 2.04. The van der Waals surface area contributed by atoms with Crippen molar-refractivity contribution in [3.63, 3.8) is 0 Å². The van der Waals surface area contributed by atoms with Crippen molar-refractivity contribution in [3.8, 4) is 0 Å². The number of amides is 4. The lowest BCUT2D eigenvalue weighted by molar-refractivity contribution is -0.130. The zero-order valence-corrected chi connectivity index (χ0v) is 17.6. The maximum Gasteiger partial charge on any atom is 0.324 e. The number of nitrogens with one attached hydrogen (secondary N) is 2. The van der Waals surface area contributed by atoms with E-state index in [-0.39, 0.29) is 24.8 Å². The van der Waals surface area contributed by atoms with Gasteiger partial charge in [-0.3, -0.25) is 14.5 Å². The van der Waals surface area contributed by atoms with Gasteiger partial charge in [-0.1, -0.05) is 48.0 Å². The first-order valence-electron chi connectivity index (χ1n) is 10.2. The fourth-order valence-corrected chi connectivity index (χ4v) is 3.90. The summed E-state index contributed by atoms with van der Waals surface area (Å²) in [6.45, 7) is 1.27. The third kappa shape index (κ3) is 4.88. The normalized spacial score (nSPS) is 16.0. The van der Waals surface area contributed by atoms with Crippen molar-refractivity contribution in [1.82, 2.24) is 20.1 Å². The van der Waals surface area contributed by atoms with E-state index >= 15 is 0 Å². The number of urea groups is 1. The van der Waals surface area contributed by atoms with E-state index < -0.39 is 12.1 Å². The van der Waals surface area contributed by atoms with Crippen LogP contribution in [0.5, 0.6) is 0 Å². The monoisotopic (exact) mass is 438 g/mol. The van der Waals surface area contributed by atoms with Gasteiger partial charge in [-0.15, -0.1) is 0 Å². The zero-order valence-electron chi connectivity index (χ0n) is 16.9. The molecule has 0 radical (unpaired) electrons. The first kappa shape index (κ1) is 20.9. The molecule has 1 aliphatic rings. The van der Waals surface area contributed by atoms with Gasteiger partial charge in [0.15, 0.2) is 0 Å². The molecule has 0 unspecified atom stereocenters. The van der Waals surface area contributed by atoms with Crippen molar-refractivity contribution in [2.75, 3.05) is 13.1 Å². The molecule has 0 bridgehead atoms. The maximum absolute atomic E-state index is 12.6. The Kier molecular flexibility index (Phi) is 6.23. The highest BCUT2D eigenvalue weighted by molar-refractivity contribution is 6.31. The third-order valence-electron chi connectivity index (χ3n) is 5.37. The number of hydrogen-bond donors (Lipinski definition) is 2. The molecule has 7 nitrogen and oxygen atoms in total. The van der Waals surface area contributed by atoms with Gasteiger partial charge in [-0.05, 0) is 35.6 Å². The predicted octanol–water partition coefficient (Wildman–Crippen LogP) is 2.96. The summed E-state index contributed by atoms with van der Waals surface area (Å²) in [6, 6.07) is 16.0. The average Bonchev–Trinajstić information content (AvgIpc) is 3.27. The molecule has 0 spiro atoms. The third-order valence-corrected chi connectivity index (χ3v) is 5.61. The minimum Gasteiger partial charge on any atom is -0.354 e. The lowest BCUT2D eigenvalue weighted by Gasteiger charge is -2.13. The number of benzene rings is 2. The van der Waals surface area contributed by atoms with Crippen molar-refractivity contribution in [1.29, 1.82) is 0 Å². The minimum atomic E-state index is -0.825. The van der Waals surface area contributed by atoms with Crippen LogP contribution in [0.3, 0.4) is 0 Å². The molecule has 4 rings (SSSR count). The number of carbonyl (C=O) groups excluding carboxylic acids is 3. The number of rotatable bonds is 8. The number of hydrogen-bond acceptors (Lipinski definition) is 3. The largest absolute Gasteiger partial charge is 0.354 e. The van der Waals surface area contributed by atoms with E-state index in [1.54, 1.807) is 0 Å². The fraction of sp³-hybridized carbons (Fsp3) is 0.261. The number of nitrogens with zero attached hydrogens (tertiary/aromatic N) is 2. The van der Waals surface area contributed by atoms with Crippen LogP contribution in [0.15, 0.2) is 60.8 Å². The lowest BCUT2D eigenvalue weighted by Crippen LogP contribution is -2.37. The molecular weight excluding hydrogens is 416 g/mol. The summed E-state index contributed by atoms with van der Waals surface area (Å²) < 4.78 is 2.01. The smallest absolute Gasteiger partial charge is 0.324 e. The summed E-state index contributed by atoms with van der Waals surface area (Å²) in [7, 11) is 0. The molecule has 1 aliphatic heterocycles. The van der Waals surface area contributed by atoms with Crippen LogP contribution in [0.1, 0.15) is 12.0 Å². The van der Waals surface area contributed by atoms with Crippen LogP contribution in [-0.2, 0) is 22.6 Å². The molecule has 31 heavy (non-hydrogen) atoms. The number of halogens is 1. The number of aromatic nitrogens is 1. The van der Waals surface area contributed by atoms with Crippen LogP contribution >= 0.6 is 11.6 Å². The highest BCUT2D eigenvalue weighted by Gasteiger charge is 2.38. The topological polar surface area (TPSA) is 83.4 Å². The first-order chi connectivity index (χ1) is 15.0. The van der Waals surface area contributed by atoms with E-state index in [0.29, 0.717) is 24.5 Å². The molecule has 1 aromatic heterocycles. The summed E-state index contributed by atoms with van der Waals surface area (Å²) in [6.07, 6.45) is 2.44. The van der Waals surface area contributed by atoms with Crippen molar-refractivity contribution in [3.05, 3.63) is 71.4 Å².